The maximum absolute atomic E-state index is 10.9. The number of hydrogen-bond acceptors (Lipinski definition) is 4. The van der Waals surface area contributed by atoms with Crippen LogP contribution in [0.5, 0.6) is 0 Å². The second-order valence-corrected chi connectivity index (χ2v) is 5.41. The summed E-state index contributed by atoms with van der Waals surface area (Å²) in [6, 6.07) is 4.72. The number of rotatable bonds is 4. The first-order valence-corrected chi connectivity index (χ1v) is 6.98. The quantitative estimate of drug-likeness (QED) is 0.523. The topological polar surface area (TPSA) is 89.5 Å². The molecule has 2 rings (SSSR count). The Hall–Kier alpha value is -2.37. The van der Waals surface area contributed by atoms with Gasteiger partial charge in [0.05, 0.1) is 4.92 Å². The molecule has 1 aromatic rings. The number of non-ortho nitro benzene ring substituents is 1. The molecule has 1 aromatic carbocycles. The van der Waals surface area contributed by atoms with E-state index < -0.39 is 10.8 Å². The van der Waals surface area contributed by atoms with Gasteiger partial charge >= 0.3 is 0 Å². The molecule has 0 aliphatic carbocycles. The van der Waals surface area contributed by atoms with Gasteiger partial charge in [-0.05, 0) is 30.9 Å². The van der Waals surface area contributed by atoms with Crippen LogP contribution in [0, 0.1) is 16.0 Å². The molecule has 112 valence electrons. The first kappa shape index (κ1) is 15.0. The van der Waals surface area contributed by atoms with Gasteiger partial charge in [-0.3, -0.25) is 14.9 Å². The van der Waals surface area contributed by atoms with Crippen LogP contribution in [-0.2, 0) is 4.79 Å². The van der Waals surface area contributed by atoms with Crippen molar-refractivity contribution in [2.24, 2.45) is 11.7 Å². The van der Waals surface area contributed by atoms with E-state index in [0.717, 1.165) is 31.6 Å². The Morgan fingerprint density at radius 1 is 1.43 bits per heavy atom. The number of nitrogens with zero attached hydrogens (tertiary/aromatic N) is 2. The zero-order chi connectivity index (χ0) is 15.4. The van der Waals surface area contributed by atoms with Crippen molar-refractivity contribution < 1.29 is 9.72 Å². The number of piperidine rings is 1. The predicted octanol–water partition coefficient (Wildman–Crippen LogP) is 2.33. The summed E-state index contributed by atoms with van der Waals surface area (Å²) in [6.07, 6.45) is 4.96. The lowest BCUT2D eigenvalue weighted by Gasteiger charge is -2.33. The van der Waals surface area contributed by atoms with Gasteiger partial charge in [0.25, 0.3) is 5.69 Å². The van der Waals surface area contributed by atoms with E-state index in [2.05, 4.69) is 11.8 Å². The van der Waals surface area contributed by atoms with Gasteiger partial charge in [-0.1, -0.05) is 6.92 Å². The minimum absolute atomic E-state index is 0.00764. The molecule has 0 saturated carbocycles. The fourth-order valence-corrected chi connectivity index (χ4v) is 2.50. The van der Waals surface area contributed by atoms with Crippen LogP contribution < -0.4 is 10.6 Å². The van der Waals surface area contributed by atoms with Gasteiger partial charge in [0, 0.05) is 42.5 Å². The van der Waals surface area contributed by atoms with Crippen molar-refractivity contribution in [1.82, 2.24) is 0 Å². The molecule has 1 fully saturated rings. The summed E-state index contributed by atoms with van der Waals surface area (Å²) in [5.41, 5.74) is 6.68. The molecule has 21 heavy (non-hydrogen) atoms. The third-order valence-corrected chi connectivity index (χ3v) is 3.77. The van der Waals surface area contributed by atoms with Crippen LogP contribution >= 0.6 is 0 Å². The molecule has 0 bridgehead atoms. The lowest BCUT2D eigenvalue weighted by atomic mass is 9.98. The van der Waals surface area contributed by atoms with Crippen molar-refractivity contribution >= 4 is 23.4 Å². The van der Waals surface area contributed by atoms with E-state index in [1.165, 1.54) is 18.2 Å². The van der Waals surface area contributed by atoms with Crippen molar-refractivity contribution in [3.63, 3.8) is 0 Å². The van der Waals surface area contributed by atoms with Crippen LogP contribution in [0.2, 0.25) is 0 Å². The molecule has 1 saturated heterocycles. The van der Waals surface area contributed by atoms with E-state index in [1.54, 1.807) is 12.1 Å². The summed E-state index contributed by atoms with van der Waals surface area (Å²) < 4.78 is 0. The van der Waals surface area contributed by atoms with Gasteiger partial charge < -0.3 is 10.6 Å². The summed E-state index contributed by atoms with van der Waals surface area (Å²) in [7, 11) is 0. The van der Waals surface area contributed by atoms with Crippen molar-refractivity contribution in [2.75, 3.05) is 18.0 Å². The lowest BCUT2D eigenvalue weighted by molar-refractivity contribution is -0.384. The van der Waals surface area contributed by atoms with Crippen LogP contribution in [0.1, 0.15) is 25.3 Å². The van der Waals surface area contributed by atoms with E-state index in [0.29, 0.717) is 11.5 Å². The van der Waals surface area contributed by atoms with E-state index in [-0.39, 0.29) is 5.69 Å². The highest BCUT2D eigenvalue weighted by atomic mass is 16.6. The van der Waals surface area contributed by atoms with E-state index in [4.69, 9.17) is 5.73 Å². The standard InChI is InChI=1S/C15H19N3O3/c1-11-6-8-17(9-7-11)14-4-3-13(18(20)21)10-12(14)2-5-15(16)19/h2-5,10-11H,6-9H2,1H3,(H2,16,19)/b5-2+. The number of carbonyl (C=O) groups excluding carboxylic acids is 1. The third-order valence-electron chi connectivity index (χ3n) is 3.77. The van der Waals surface area contributed by atoms with Gasteiger partial charge in [0.1, 0.15) is 0 Å². The highest BCUT2D eigenvalue weighted by molar-refractivity contribution is 5.91. The average Bonchev–Trinajstić information content (AvgIpc) is 2.45. The largest absolute Gasteiger partial charge is 0.371 e. The average molecular weight is 289 g/mol. The van der Waals surface area contributed by atoms with Crippen LogP contribution in [-0.4, -0.2) is 23.9 Å². The number of anilines is 1. The van der Waals surface area contributed by atoms with Gasteiger partial charge in [0.15, 0.2) is 0 Å². The molecule has 1 amide bonds. The number of hydrogen-bond donors (Lipinski definition) is 1. The SMILES string of the molecule is CC1CCN(c2ccc([N+](=O)[O-])cc2/C=C/C(N)=O)CC1. The lowest BCUT2D eigenvalue weighted by Crippen LogP contribution is -2.33. The molecule has 1 aliphatic rings. The molecule has 2 N–H and O–H groups in total. The summed E-state index contributed by atoms with van der Waals surface area (Å²) in [5.74, 6) is 0.128. The normalized spacial score (nSPS) is 16.3. The Bertz CT molecular complexity index is 576. The predicted molar refractivity (Wildman–Crippen MR) is 81.9 cm³/mol. The highest BCUT2D eigenvalue weighted by Gasteiger charge is 2.19. The molecule has 1 aliphatic heterocycles. The Morgan fingerprint density at radius 2 is 2.10 bits per heavy atom. The van der Waals surface area contributed by atoms with Gasteiger partial charge in [-0.2, -0.15) is 0 Å². The van der Waals surface area contributed by atoms with Crippen molar-refractivity contribution in [1.29, 1.82) is 0 Å². The van der Waals surface area contributed by atoms with Crippen molar-refractivity contribution in [3.05, 3.63) is 40.0 Å². The Morgan fingerprint density at radius 3 is 2.67 bits per heavy atom. The minimum atomic E-state index is -0.570. The number of nitrogens with two attached hydrogens (primary N) is 1. The number of amides is 1. The second-order valence-electron chi connectivity index (χ2n) is 5.41. The maximum atomic E-state index is 10.9. The first-order chi connectivity index (χ1) is 9.97. The molecular weight excluding hydrogens is 270 g/mol. The number of benzene rings is 1. The zero-order valence-electron chi connectivity index (χ0n) is 12.0. The molecular formula is C15H19N3O3. The fourth-order valence-electron chi connectivity index (χ4n) is 2.50. The van der Waals surface area contributed by atoms with Crippen LogP contribution in [0.4, 0.5) is 11.4 Å². The summed E-state index contributed by atoms with van der Waals surface area (Å²) in [6.45, 7) is 4.05. The Kier molecular flexibility index (Phi) is 4.57. The third kappa shape index (κ3) is 3.81. The maximum Gasteiger partial charge on any atom is 0.270 e. The Labute approximate surface area is 123 Å². The number of primary amides is 1. The van der Waals surface area contributed by atoms with E-state index >= 15 is 0 Å². The number of carbonyl (C=O) groups is 1. The fraction of sp³-hybridized carbons (Fsp3) is 0.400. The van der Waals surface area contributed by atoms with E-state index in [1.807, 2.05) is 0 Å². The molecule has 0 radical (unpaired) electrons. The highest BCUT2D eigenvalue weighted by Crippen LogP contribution is 2.30. The van der Waals surface area contributed by atoms with E-state index in [9.17, 15) is 14.9 Å². The first-order valence-electron chi connectivity index (χ1n) is 6.98. The molecule has 0 unspecified atom stereocenters. The monoisotopic (exact) mass is 289 g/mol. The minimum Gasteiger partial charge on any atom is -0.371 e. The molecule has 0 atom stereocenters. The molecule has 6 heteroatoms. The smallest absolute Gasteiger partial charge is 0.270 e. The second kappa shape index (κ2) is 6.39. The van der Waals surface area contributed by atoms with Gasteiger partial charge in [-0.15, -0.1) is 0 Å². The van der Waals surface area contributed by atoms with Crippen LogP contribution in [0.25, 0.3) is 6.08 Å². The molecule has 1 heterocycles. The van der Waals surface area contributed by atoms with Crippen molar-refractivity contribution in [3.8, 4) is 0 Å². The van der Waals surface area contributed by atoms with Crippen LogP contribution in [0.15, 0.2) is 24.3 Å². The number of nitro benzene ring substituents is 1. The van der Waals surface area contributed by atoms with Crippen LogP contribution in [0.3, 0.4) is 0 Å². The number of nitro groups is 1. The van der Waals surface area contributed by atoms with Gasteiger partial charge in [-0.25, -0.2) is 0 Å². The summed E-state index contributed by atoms with van der Waals surface area (Å²) >= 11 is 0. The van der Waals surface area contributed by atoms with Crippen molar-refractivity contribution in [2.45, 2.75) is 19.8 Å². The molecule has 6 nitrogen and oxygen atoms in total. The molecule has 0 spiro atoms. The Balaban J connectivity index is 2.34. The summed E-state index contributed by atoms with van der Waals surface area (Å²) in [4.78, 5) is 23.6. The zero-order valence-corrected chi connectivity index (χ0v) is 12.0. The molecule has 0 aromatic heterocycles. The summed E-state index contributed by atoms with van der Waals surface area (Å²) in [5, 5.41) is 10.9. The van der Waals surface area contributed by atoms with Gasteiger partial charge in [0.2, 0.25) is 5.91 Å².